The lowest BCUT2D eigenvalue weighted by Gasteiger charge is -2.38. The van der Waals surface area contributed by atoms with Gasteiger partial charge in [-0.2, -0.15) is 0 Å². The van der Waals surface area contributed by atoms with Crippen molar-refractivity contribution in [3.8, 4) is 0 Å². The molecule has 2 fully saturated rings. The van der Waals surface area contributed by atoms with Crippen molar-refractivity contribution < 1.29 is 29.3 Å². The fourth-order valence-electron chi connectivity index (χ4n) is 3.77. The van der Waals surface area contributed by atoms with Gasteiger partial charge in [0, 0.05) is 24.5 Å². The third-order valence-electron chi connectivity index (χ3n) is 5.27. The van der Waals surface area contributed by atoms with E-state index in [9.17, 15) is 29.3 Å². The Hall–Kier alpha value is -1.74. The molecular formula is C18H22ClFN2O5. The van der Waals surface area contributed by atoms with E-state index in [-0.39, 0.29) is 24.5 Å². The molecule has 4 N–H and O–H groups in total. The van der Waals surface area contributed by atoms with Crippen LogP contribution in [0.3, 0.4) is 0 Å². The van der Waals surface area contributed by atoms with Crippen molar-refractivity contribution in [1.29, 1.82) is 0 Å². The average Bonchev–Trinajstić information content (AvgIpc) is 2.91. The monoisotopic (exact) mass is 400 g/mol. The number of aliphatic hydroxyl groups excluding tert-OH is 2. The summed E-state index contributed by atoms with van der Waals surface area (Å²) < 4.78 is 13.4. The first-order valence-corrected chi connectivity index (χ1v) is 9.23. The number of rotatable bonds is 4. The molecule has 9 heteroatoms. The maximum atomic E-state index is 13.4. The summed E-state index contributed by atoms with van der Waals surface area (Å²) in [4.78, 5) is 26.4. The third-order valence-corrected chi connectivity index (χ3v) is 5.49. The third kappa shape index (κ3) is 3.94. The van der Waals surface area contributed by atoms with Crippen LogP contribution in [0.1, 0.15) is 31.2 Å². The van der Waals surface area contributed by atoms with E-state index in [4.69, 9.17) is 11.6 Å². The van der Waals surface area contributed by atoms with E-state index < -0.39 is 41.5 Å². The smallest absolute Gasteiger partial charge is 0.264 e. The first kappa shape index (κ1) is 20.0. The minimum atomic E-state index is -2.25. The van der Waals surface area contributed by atoms with Crippen LogP contribution < -0.4 is 5.32 Å². The number of carbonyl (C=O) groups excluding carboxylic acids is 2. The Morgan fingerprint density at radius 2 is 2.07 bits per heavy atom. The highest BCUT2D eigenvalue weighted by molar-refractivity contribution is 6.30. The Labute approximate surface area is 160 Å². The summed E-state index contributed by atoms with van der Waals surface area (Å²) in [5.74, 6) is -2.24. The lowest BCUT2D eigenvalue weighted by atomic mass is 9.89. The zero-order valence-electron chi connectivity index (χ0n) is 14.6. The lowest BCUT2D eigenvalue weighted by Crippen LogP contribution is -2.57. The number of carbonyl (C=O) groups is 2. The topological polar surface area (TPSA) is 110 Å². The maximum Gasteiger partial charge on any atom is 0.264 e. The Bertz CT molecular complexity index is 728. The van der Waals surface area contributed by atoms with Gasteiger partial charge in [-0.15, -0.1) is 0 Å². The second kappa shape index (κ2) is 7.71. The molecular weight excluding hydrogens is 379 g/mol. The van der Waals surface area contributed by atoms with Gasteiger partial charge in [-0.3, -0.25) is 9.59 Å². The van der Waals surface area contributed by atoms with Crippen molar-refractivity contribution >= 4 is 23.4 Å². The molecule has 0 bridgehead atoms. The van der Waals surface area contributed by atoms with Gasteiger partial charge in [-0.1, -0.05) is 11.6 Å². The van der Waals surface area contributed by atoms with E-state index in [1.54, 1.807) is 0 Å². The SMILES string of the molecule is O=C(NCc1cc(F)cc(Cl)c1)C1(O)CCN([C@H]2CCC[C@H](O)[C@@H]2O)C1=O. The van der Waals surface area contributed by atoms with E-state index in [0.717, 1.165) is 6.07 Å². The Morgan fingerprint density at radius 3 is 2.78 bits per heavy atom. The second-order valence-electron chi connectivity index (χ2n) is 7.13. The number of nitrogens with zero attached hydrogens (tertiary/aromatic N) is 1. The molecule has 3 rings (SSSR count). The number of likely N-dealkylation sites (tertiary alicyclic amines) is 1. The number of aliphatic hydroxyl groups is 3. The van der Waals surface area contributed by atoms with Gasteiger partial charge in [0.15, 0.2) is 0 Å². The van der Waals surface area contributed by atoms with Gasteiger partial charge in [-0.25, -0.2) is 4.39 Å². The average molecular weight is 401 g/mol. The summed E-state index contributed by atoms with van der Waals surface area (Å²) in [5.41, 5.74) is -1.86. The summed E-state index contributed by atoms with van der Waals surface area (Å²) in [7, 11) is 0. The molecule has 1 unspecified atom stereocenters. The molecule has 4 atom stereocenters. The predicted octanol–water partition coefficient (Wildman–Crippen LogP) is 0.333. The van der Waals surface area contributed by atoms with Crippen LogP contribution in [0.25, 0.3) is 0 Å². The summed E-state index contributed by atoms with van der Waals surface area (Å²) >= 11 is 5.77. The number of nitrogens with one attached hydrogen (secondary N) is 1. The number of hydrogen-bond donors (Lipinski definition) is 4. The molecule has 148 valence electrons. The Kier molecular flexibility index (Phi) is 5.71. The fourth-order valence-corrected chi connectivity index (χ4v) is 4.02. The Balaban J connectivity index is 1.67. The number of hydrogen-bond acceptors (Lipinski definition) is 5. The molecule has 1 aliphatic carbocycles. The number of amides is 2. The van der Waals surface area contributed by atoms with Gasteiger partial charge < -0.3 is 25.5 Å². The van der Waals surface area contributed by atoms with Gasteiger partial charge in [0.05, 0.1) is 12.1 Å². The molecule has 2 aliphatic rings. The van der Waals surface area contributed by atoms with E-state index in [1.165, 1.54) is 17.0 Å². The van der Waals surface area contributed by atoms with E-state index in [1.807, 2.05) is 0 Å². The molecule has 7 nitrogen and oxygen atoms in total. The van der Waals surface area contributed by atoms with Crippen molar-refractivity contribution in [2.75, 3.05) is 6.54 Å². The molecule has 2 amide bonds. The zero-order chi connectivity index (χ0) is 19.8. The summed E-state index contributed by atoms with van der Waals surface area (Å²) in [6, 6.07) is 3.16. The molecule has 0 spiro atoms. The molecule has 1 saturated heterocycles. The highest BCUT2D eigenvalue weighted by atomic mass is 35.5. The first-order chi connectivity index (χ1) is 12.7. The number of halogens is 2. The lowest BCUT2D eigenvalue weighted by molar-refractivity contribution is -0.158. The van der Waals surface area contributed by atoms with Gasteiger partial charge in [0.1, 0.15) is 11.9 Å². The van der Waals surface area contributed by atoms with Crippen LogP contribution in [-0.4, -0.2) is 62.4 Å². The van der Waals surface area contributed by atoms with Crippen LogP contribution in [-0.2, 0) is 16.1 Å². The van der Waals surface area contributed by atoms with Crippen molar-refractivity contribution in [1.82, 2.24) is 10.2 Å². The van der Waals surface area contributed by atoms with Crippen LogP contribution in [0.4, 0.5) is 4.39 Å². The van der Waals surface area contributed by atoms with Crippen LogP contribution in [0, 0.1) is 5.82 Å². The molecule has 1 heterocycles. The molecule has 1 saturated carbocycles. The van der Waals surface area contributed by atoms with E-state index >= 15 is 0 Å². The maximum absolute atomic E-state index is 13.4. The molecule has 0 aromatic heterocycles. The molecule has 1 aliphatic heterocycles. The predicted molar refractivity (Wildman–Crippen MR) is 94.2 cm³/mol. The van der Waals surface area contributed by atoms with Crippen LogP contribution in [0.15, 0.2) is 18.2 Å². The quantitative estimate of drug-likeness (QED) is 0.545. The van der Waals surface area contributed by atoms with Crippen molar-refractivity contribution in [2.24, 2.45) is 0 Å². The minimum absolute atomic E-state index is 0.100. The van der Waals surface area contributed by atoms with Crippen LogP contribution >= 0.6 is 11.6 Å². The van der Waals surface area contributed by atoms with Gasteiger partial charge >= 0.3 is 0 Å². The standard InChI is InChI=1S/C18H22ClFN2O5/c19-11-6-10(7-12(20)8-11)9-21-16(25)18(27)4-5-22(17(18)26)13-2-1-3-14(23)15(13)24/h6-8,13-15,23-24,27H,1-5,9H2,(H,21,25)/t13-,14-,15+,18?/m0/s1. The van der Waals surface area contributed by atoms with Crippen molar-refractivity contribution in [3.05, 3.63) is 34.6 Å². The largest absolute Gasteiger partial charge is 0.390 e. The van der Waals surface area contributed by atoms with Crippen molar-refractivity contribution in [2.45, 2.75) is 56.1 Å². The number of benzene rings is 1. The first-order valence-electron chi connectivity index (χ1n) is 8.85. The summed E-state index contributed by atoms with van der Waals surface area (Å²) in [6.07, 6.45) is -0.595. The highest BCUT2D eigenvalue weighted by Gasteiger charge is 2.54. The fraction of sp³-hybridized carbons (Fsp3) is 0.556. The van der Waals surface area contributed by atoms with Crippen LogP contribution in [0.2, 0.25) is 5.02 Å². The van der Waals surface area contributed by atoms with E-state index in [2.05, 4.69) is 5.32 Å². The van der Waals surface area contributed by atoms with Gasteiger partial charge in [0.25, 0.3) is 11.8 Å². The van der Waals surface area contributed by atoms with Crippen molar-refractivity contribution in [3.63, 3.8) is 0 Å². The normalized spacial score (nSPS) is 31.2. The minimum Gasteiger partial charge on any atom is -0.390 e. The molecule has 1 aromatic rings. The second-order valence-corrected chi connectivity index (χ2v) is 7.56. The Morgan fingerprint density at radius 1 is 1.33 bits per heavy atom. The van der Waals surface area contributed by atoms with E-state index in [0.29, 0.717) is 24.8 Å². The van der Waals surface area contributed by atoms with Gasteiger partial charge in [-0.05, 0) is 43.0 Å². The highest BCUT2D eigenvalue weighted by Crippen LogP contribution is 2.31. The van der Waals surface area contributed by atoms with Crippen LogP contribution in [0.5, 0.6) is 0 Å². The summed E-state index contributed by atoms with van der Waals surface area (Å²) in [6.45, 7) is -0.000333. The molecule has 0 radical (unpaired) electrons. The molecule has 27 heavy (non-hydrogen) atoms. The zero-order valence-corrected chi connectivity index (χ0v) is 15.3. The van der Waals surface area contributed by atoms with Gasteiger partial charge in [0.2, 0.25) is 5.60 Å². The molecule has 1 aromatic carbocycles. The summed E-state index contributed by atoms with van der Waals surface area (Å²) in [5, 5.41) is 33.2.